The Bertz CT molecular complexity index is 762. The van der Waals surface area contributed by atoms with Gasteiger partial charge in [0, 0.05) is 23.1 Å². The molecule has 2 aromatic carbocycles. The van der Waals surface area contributed by atoms with Crippen LogP contribution in [0.5, 0.6) is 5.75 Å². The van der Waals surface area contributed by atoms with Crippen molar-refractivity contribution in [3.63, 3.8) is 0 Å². The van der Waals surface area contributed by atoms with Crippen molar-refractivity contribution < 1.29 is 13.5 Å². The fourth-order valence-electron chi connectivity index (χ4n) is 2.24. The van der Waals surface area contributed by atoms with E-state index >= 15 is 0 Å². The fourth-order valence-corrected chi connectivity index (χ4v) is 2.24. The Hall–Kier alpha value is -2.60. The van der Waals surface area contributed by atoms with Crippen molar-refractivity contribution in [3.8, 4) is 17.6 Å². The van der Waals surface area contributed by atoms with Crippen molar-refractivity contribution in [2.24, 2.45) is 0 Å². The number of hydrogen-bond acceptors (Lipinski definition) is 1. The second kappa shape index (κ2) is 9.64. The van der Waals surface area contributed by atoms with Gasteiger partial charge in [-0.1, -0.05) is 37.3 Å². The third-order valence-electron chi connectivity index (χ3n) is 3.64. The summed E-state index contributed by atoms with van der Waals surface area (Å²) >= 11 is 0. The van der Waals surface area contributed by atoms with E-state index in [9.17, 15) is 8.78 Å². The van der Waals surface area contributed by atoms with Gasteiger partial charge >= 0.3 is 0 Å². The molecule has 2 aromatic rings. The minimum atomic E-state index is -0.778. The number of ether oxygens (including phenoxy) is 1. The van der Waals surface area contributed by atoms with Crippen molar-refractivity contribution in [2.75, 3.05) is 6.61 Å². The maximum atomic E-state index is 14.0. The molecule has 2 rings (SSSR count). The molecule has 1 nitrogen and oxygen atoms in total. The first-order valence-electron chi connectivity index (χ1n) is 8.53. The Morgan fingerprint density at radius 2 is 1.44 bits per heavy atom. The molecule has 0 aromatic heterocycles. The van der Waals surface area contributed by atoms with Crippen molar-refractivity contribution >= 4 is 5.83 Å². The lowest BCUT2D eigenvalue weighted by molar-refractivity contribution is 0.340. The van der Waals surface area contributed by atoms with E-state index < -0.39 is 11.7 Å². The lowest BCUT2D eigenvalue weighted by Gasteiger charge is -2.02. The van der Waals surface area contributed by atoms with Gasteiger partial charge in [0.2, 0.25) is 0 Å². The zero-order valence-corrected chi connectivity index (χ0v) is 14.6. The molecular formula is C22H22F2O. The average Bonchev–Trinajstić information content (AvgIpc) is 2.65. The number of halogens is 2. The highest BCUT2D eigenvalue weighted by atomic mass is 19.2. The van der Waals surface area contributed by atoms with Gasteiger partial charge in [0.05, 0.1) is 6.61 Å². The fraction of sp³-hybridized carbons (Fsp3) is 0.273. The molecule has 0 unspecified atom stereocenters. The van der Waals surface area contributed by atoms with Gasteiger partial charge in [0.1, 0.15) is 11.6 Å². The maximum absolute atomic E-state index is 14.0. The Balaban J connectivity index is 2.08. The second-order valence-electron chi connectivity index (χ2n) is 5.61. The smallest absolute Gasteiger partial charge is 0.161 e. The number of unbranched alkanes of at least 4 members (excludes halogenated alkanes) is 1. The molecule has 0 radical (unpaired) electrons. The van der Waals surface area contributed by atoms with Crippen LogP contribution in [-0.2, 0) is 0 Å². The van der Waals surface area contributed by atoms with Crippen LogP contribution < -0.4 is 4.74 Å². The van der Waals surface area contributed by atoms with Crippen molar-refractivity contribution in [1.82, 2.24) is 0 Å². The molecule has 0 fully saturated rings. The predicted octanol–water partition coefficient (Wildman–Crippen LogP) is 6.28. The van der Waals surface area contributed by atoms with E-state index in [1.165, 1.54) is 0 Å². The molecule has 130 valence electrons. The molecule has 0 saturated heterocycles. The molecule has 25 heavy (non-hydrogen) atoms. The van der Waals surface area contributed by atoms with Crippen molar-refractivity contribution in [2.45, 2.75) is 33.1 Å². The number of rotatable bonds is 6. The normalized spacial score (nSPS) is 11.4. The zero-order chi connectivity index (χ0) is 18.1. The average molecular weight is 340 g/mol. The van der Waals surface area contributed by atoms with Crippen LogP contribution >= 0.6 is 0 Å². The monoisotopic (exact) mass is 340 g/mol. The summed E-state index contributed by atoms with van der Waals surface area (Å²) in [6, 6.07) is 14.0. The van der Waals surface area contributed by atoms with E-state index in [1.54, 1.807) is 24.3 Å². The Morgan fingerprint density at radius 3 is 1.96 bits per heavy atom. The minimum absolute atomic E-state index is 0.141. The number of hydrogen-bond donors (Lipinski definition) is 0. The standard InChI is InChI=1S/C22H22F2O/c1-3-5-6-21(23)22(24)19-13-9-17(10-14-19)7-8-18-11-15-20(16-12-18)25-4-2/h9-16H,3-6H2,1-2H3. The van der Waals surface area contributed by atoms with Gasteiger partial charge < -0.3 is 4.74 Å². The lowest BCUT2D eigenvalue weighted by atomic mass is 10.1. The maximum Gasteiger partial charge on any atom is 0.161 e. The predicted molar refractivity (Wildman–Crippen MR) is 98.7 cm³/mol. The van der Waals surface area contributed by atoms with E-state index in [1.807, 2.05) is 38.1 Å². The highest BCUT2D eigenvalue weighted by Gasteiger charge is 2.08. The second-order valence-corrected chi connectivity index (χ2v) is 5.61. The molecule has 0 aliphatic carbocycles. The molecule has 0 saturated carbocycles. The van der Waals surface area contributed by atoms with E-state index in [2.05, 4.69) is 11.8 Å². The molecular weight excluding hydrogens is 318 g/mol. The topological polar surface area (TPSA) is 9.23 Å². The molecule has 0 amide bonds. The summed E-state index contributed by atoms with van der Waals surface area (Å²) in [5.74, 6) is 5.41. The Morgan fingerprint density at radius 1 is 0.880 bits per heavy atom. The van der Waals surface area contributed by atoms with E-state index in [0.29, 0.717) is 13.0 Å². The van der Waals surface area contributed by atoms with Gasteiger partial charge in [-0.05, 0) is 49.7 Å². The summed E-state index contributed by atoms with van der Waals surface area (Å²) in [4.78, 5) is 0. The van der Waals surface area contributed by atoms with Crippen LogP contribution in [0.2, 0.25) is 0 Å². The molecule has 0 bridgehead atoms. The first kappa shape index (κ1) is 18.7. The van der Waals surface area contributed by atoms with Crippen LogP contribution in [0.25, 0.3) is 5.83 Å². The minimum Gasteiger partial charge on any atom is -0.494 e. The summed E-state index contributed by atoms with van der Waals surface area (Å²) < 4.78 is 33.1. The Kier molecular flexibility index (Phi) is 7.22. The highest BCUT2D eigenvalue weighted by molar-refractivity contribution is 5.62. The summed E-state index contributed by atoms with van der Waals surface area (Å²) in [5, 5.41) is 0. The van der Waals surface area contributed by atoms with Crippen LogP contribution in [0.3, 0.4) is 0 Å². The van der Waals surface area contributed by atoms with Crippen LogP contribution in [-0.4, -0.2) is 6.61 Å². The molecule has 0 N–H and O–H groups in total. The molecule has 0 atom stereocenters. The number of allylic oxidation sites excluding steroid dienone is 1. The van der Waals surface area contributed by atoms with Crippen LogP contribution in [0.4, 0.5) is 8.78 Å². The lowest BCUT2D eigenvalue weighted by Crippen LogP contribution is -1.90. The third-order valence-corrected chi connectivity index (χ3v) is 3.64. The summed E-state index contributed by atoms with van der Waals surface area (Å²) in [5.41, 5.74) is 1.86. The van der Waals surface area contributed by atoms with Gasteiger partial charge in [0.15, 0.2) is 5.83 Å². The molecule has 0 heterocycles. The van der Waals surface area contributed by atoms with E-state index in [0.717, 1.165) is 23.3 Å². The number of benzene rings is 2. The molecule has 0 aliphatic rings. The molecule has 3 heteroatoms. The van der Waals surface area contributed by atoms with Crippen LogP contribution in [0, 0.1) is 11.8 Å². The van der Waals surface area contributed by atoms with E-state index in [-0.39, 0.29) is 12.0 Å². The van der Waals surface area contributed by atoms with Gasteiger partial charge in [-0.25, -0.2) is 8.78 Å². The zero-order valence-electron chi connectivity index (χ0n) is 14.6. The SMILES string of the molecule is CCCCC(F)=C(F)c1ccc(C#Cc2ccc(OCC)cc2)cc1. The molecule has 0 spiro atoms. The van der Waals surface area contributed by atoms with E-state index in [4.69, 9.17) is 4.74 Å². The van der Waals surface area contributed by atoms with Gasteiger partial charge in [-0.15, -0.1) is 0 Å². The molecule has 0 aliphatic heterocycles. The van der Waals surface area contributed by atoms with Gasteiger partial charge in [0.25, 0.3) is 0 Å². The van der Waals surface area contributed by atoms with Crippen LogP contribution in [0.15, 0.2) is 54.4 Å². The highest BCUT2D eigenvalue weighted by Crippen LogP contribution is 2.25. The first-order valence-corrected chi connectivity index (χ1v) is 8.53. The van der Waals surface area contributed by atoms with Gasteiger partial charge in [-0.3, -0.25) is 0 Å². The quantitative estimate of drug-likeness (QED) is 0.562. The Labute approximate surface area is 148 Å². The summed E-state index contributed by atoms with van der Waals surface area (Å²) in [7, 11) is 0. The first-order chi connectivity index (χ1) is 12.1. The third kappa shape index (κ3) is 5.76. The summed E-state index contributed by atoms with van der Waals surface area (Å²) in [6.45, 7) is 4.51. The van der Waals surface area contributed by atoms with Gasteiger partial charge in [-0.2, -0.15) is 0 Å². The van der Waals surface area contributed by atoms with Crippen molar-refractivity contribution in [1.29, 1.82) is 0 Å². The summed E-state index contributed by atoms with van der Waals surface area (Å²) in [6.07, 6.45) is 1.62. The largest absolute Gasteiger partial charge is 0.494 e. The van der Waals surface area contributed by atoms with Crippen LogP contribution in [0.1, 0.15) is 49.8 Å². The van der Waals surface area contributed by atoms with Crippen molar-refractivity contribution in [3.05, 3.63) is 71.0 Å².